The van der Waals surface area contributed by atoms with Gasteiger partial charge in [-0.15, -0.1) is 5.11 Å². The minimum Gasteiger partial charge on any atom is -0.355 e. The zero-order chi connectivity index (χ0) is 12.3. The van der Waals surface area contributed by atoms with E-state index < -0.39 is 4.92 Å². The number of non-ortho nitro benzene ring substituents is 1. The van der Waals surface area contributed by atoms with Crippen molar-refractivity contribution in [3.63, 3.8) is 0 Å². The van der Waals surface area contributed by atoms with Crippen LogP contribution in [0.1, 0.15) is 6.92 Å². The lowest BCUT2D eigenvalue weighted by Gasteiger charge is -2.04. The first-order valence-electron chi connectivity index (χ1n) is 5.18. The zero-order valence-corrected chi connectivity index (χ0v) is 9.31. The highest BCUT2D eigenvalue weighted by Crippen LogP contribution is 2.19. The van der Waals surface area contributed by atoms with Gasteiger partial charge in [0.2, 0.25) is 0 Å². The SMILES string of the molecule is CC1CN(N=Nc2ccc([N+](=O)[O-])cc2)CO1. The number of ether oxygens (including phenoxy) is 1. The molecule has 1 aromatic rings. The van der Waals surface area contributed by atoms with Crippen molar-refractivity contribution in [3.8, 4) is 0 Å². The van der Waals surface area contributed by atoms with Gasteiger partial charge in [0, 0.05) is 12.1 Å². The molecule has 17 heavy (non-hydrogen) atoms. The third-order valence-electron chi connectivity index (χ3n) is 2.32. The molecule has 1 saturated heterocycles. The molecule has 1 atom stereocenters. The molecule has 0 aromatic heterocycles. The van der Waals surface area contributed by atoms with Crippen LogP contribution in [0.15, 0.2) is 34.6 Å². The van der Waals surface area contributed by atoms with Crippen molar-refractivity contribution in [2.24, 2.45) is 10.3 Å². The first-order chi connectivity index (χ1) is 8.15. The van der Waals surface area contributed by atoms with E-state index in [0.29, 0.717) is 19.0 Å². The van der Waals surface area contributed by atoms with Gasteiger partial charge in [-0.3, -0.25) is 15.1 Å². The Labute approximate surface area is 97.8 Å². The van der Waals surface area contributed by atoms with Gasteiger partial charge in [0.1, 0.15) is 6.73 Å². The molecule has 7 nitrogen and oxygen atoms in total. The Kier molecular flexibility index (Phi) is 3.29. The summed E-state index contributed by atoms with van der Waals surface area (Å²) in [6, 6.07) is 5.92. The second-order valence-electron chi connectivity index (χ2n) is 3.76. The van der Waals surface area contributed by atoms with Crippen molar-refractivity contribution >= 4 is 11.4 Å². The second kappa shape index (κ2) is 4.88. The molecule has 0 saturated carbocycles. The highest BCUT2D eigenvalue weighted by atomic mass is 16.6. The molecule has 0 aliphatic carbocycles. The van der Waals surface area contributed by atoms with E-state index in [1.165, 1.54) is 12.1 Å². The van der Waals surface area contributed by atoms with Gasteiger partial charge in [-0.2, -0.15) is 0 Å². The van der Waals surface area contributed by atoms with E-state index in [1.807, 2.05) is 6.92 Å². The van der Waals surface area contributed by atoms with E-state index in [9.17, 15) is 10.1 Å². The van der Waals surface area contributed by atoms with Crippen LogP contribution in [0.3, 0.4) is 0 Å². The number of nitro benzene ring substituents is 1. The van der Waals surface area contributed by atoms with Crippen molar-refractivity contribution in [2.75, 3.05) is 13.3 Å². The predicted octanol–water partition coefficient (Wildman–Crippen LogP) is 2.27. The number of rotatable bonds is 3. The van der Waals surface area contributed by atoms with Crippen LogP contribution >= 0.6 is 0 Å². The van der Waals surface area contributed by atoms with E-state index in [4.69, 9.17) is 4.74 Å². The van der Waals surface area contributed by atoms with E-state index in [-0.39, 0.29) is 11.8 Å². The Morgan fingerprint density at radius 2 is 2.18 bits per heavy atom. The summed E-state index contributed by atoms with van der Waals surface area (Å²) >= 11 is 0. The van der Waals surface area contributed by atoms with Gasteiger partial charge in [-0.1, -0.05) is 5.22 Å². The third kappa shape index (κ3) is 2.97. The average Bonchev–Trinajstić information content (AvgIpc) is 2.73. The molecule has 1 aliphatic heterocycles. The number of benzene rings is 1. The Morgan fingerprint density at radius 3 is 2.71 bits per heavy atom. The van der Waals surface area contributed by atoms with Crippen LogP contribution in [-0.2, 0) is 4.74 Å². The first-order valence-corrected chi connectivity index (χ1v) is 5.18. The Balaban J connectivity index is 1.99. The summed E-state index contributed by atoms with van der Waals surface area (Å²) < 4.78 is 5.29. The molecule has 0 spiro atoms. The quantitative estimate of drug-likeness (QED) is 0.458. The van der Waals surface area contributed by atoms with Crippen LogP contribution in [0.5, 0.6) is 0 Å². The summed E-state index contributed by atoms with van der Waals surface area (Å²) in [6.45, 7) is 3.09. The number of nitro groups is 1. The molecule has 2 rings (SSSR count). The fraction of sp³-hybridized carbons (Fsp3) is 0.400. The molecule has 1 aromatic carbocycles. The lowest BCUT2D eigenvalue weighted by atomic mass is 10.3. The van der Waals surface area contributed by atoms with Gasteiger partial charge in [-0.25, -0.2) is 0 Å². The minimum atomic E-state index is -0.448. The summed E-state index contributed by atoms with van der Waals surface area (Å²) in [6.07, 6.45) is 0.158. The Hall–Kier alpha value is -2.02. The summed E-state index contributed by atoms with van der Waals surface area (Å²) in [5.41, 5.74) is 0.622. The maximum atomic E-state index is 10.4. The van der Waals surface area contributed by atoms with E-state index in [2.05, 4.69) is 10.3 Å². The van der Waals surface area contributed by atoms with Crippen LogP contribution in [-0.4, -0.2) is 29.3 Å². The van der Waals surface area contributed by atoms with Crippen molar-refractivity contribution in [1.82, 2.24) is 5.01 Å². The Morgan fingerprint density at radius 1 is 1.47 bits per heavy atom. The highest BCUT2D eigenvalue weighted by molar-refractivity contribution is 5.43. The lowest BCUT2D eigenvalue weighted by Crippen LogP contribution is -2.13. The van der Waals surface area contributed by atoms with Crippen LogP contribution in [0.2, 0.25) is 0 Å². The van der Waals surface area contributed by atoms with E-state index in [1.54, 1.807) is 17.1 Å². The number of nitrogens with zero attached hydrogens (tertiary/aromatic N) is 4. The molecule has 1 heterocycles. The fourth-order valence-electron chi connectivity index (χ4n) is 1.43. The van der Waals surface area contributed by atoms with Gasteiger partial charge in [-0.05, 0) is 19.1 Å². The molecule has 0 bridgehead atoms. The van der Waals surface area contributed by atoms with E-state index in [0.717, 1.165) is 0 Å². The molecule has 90 valence electrons. The summed E-state index contributed by atoms with van der Waals surface area (Å²) in [4.78, 5) is 9.99. The Bertz CT molecular complexity index is 432. The zero-order valence-electron chi connectivity index (χ0n) is 9.31. The molecular weight excluding hydrogens is 224 g/mol. The van der Waals surface area contributed by atoms with E-state index >= 15 is 0 Å². The van der Waals surface area contributed by atoms with Crippen LogP contribution < -0.4 is 0 Å². The largest absolute Gasteiger partial charge is 0.355 e. The van der Waals surface area contributed by atoms with Gasteiger partial charge in [0.05, 0.1) is 23.3 Å². The molecule has 0 radical (unpaired) electrons. The molecule has 1 unspecified atom stereocenters. The van der Waals surface area contributed by atoms with Gasteiger partial charge in [0.15, 0.2) is 0 Å². The van der Waals surface area contributed by atoms with Crippen LogP contribution in [0.4, 0.5) is 11.4 Å². The predicted molar refractivity (Wildman–Crippen MR) is 59.7 cm³/mol. The summed E-state index contributed by atoms with van der Waals surface area (Å²) in [5, 5.41) is 20.1. The van der Waals surface area contributed by atoms with Crippen LogP contribution in [0.25, 0.3) is 0 Å². The second-order valence-corrected chi connectivity index (χ2v) is 3.76. The highest BCUT2D eigenvalue weighted by Gasteiger charge is 2.17. The topological polar surface area (TPSA) is 80.3 Å². The van der Waals surface area contributed by atoms with Gasteiger partial charge < -0.3 is 4.74 Å². The molecular formula is C10H12N4O3. The van der Waals surface area contributed by atoms with Gasteiger partial charge >= 0.3 is 0 Å². The van der Waals surface area contributed by atoms with Crippen molar-refractivity contribution in [1.29, 1.82) is 0 Å². The summed E-state index contributed by atoms with van der Waals surface area (Å²) in [5.74, 6) is 0. The standard InChI is InChI=1S/C10H12N4O3/c1-8-6-13(7-17-8)12-11-9-2-4-10(5-3-9)14(15)16/h2-5,8H,6-7H2,1H3. The number of hydrogen-bond acceptors (Lipinski definition) is 5. The molecule has 1 fully saturated rings. The maximum Gasteiger partial charge on any atom is 0.269 e. The van der Waals surface area contributed by atoms with Gasteiger partial charge in [0.25, 0.3) is 5.69 Å². The minimum absolute atomic E-state index is 0.0436. The number of hydrogen-bond donors (Lipinski definition) is 0. The van der Waals surface area contributed by atoms with Crippen molar-refractivity contribution in [3.05, 3.63) is 34.4 Å². The average molecular weight is 236 g/mol. The maximum absolute atomic E-state index is 10.4. The molecule has 0 amide bonds. The third-order valence-corrected chi connectivity index (χ3v) is 2.32. The smallest absolute Gasteiger partial charge is 0.269 e. The van der Waals surface area contributed by atoms with Crippen LogP contribution in [0, 0.1) is 10.1 Å². The molecule has 7 heteroatoms. The molecule has 0 N–H and O–H groups in total. The lowest BCUT2D eigenvalue weighted by molar-refractivity contribution is -0.384. The first kappa shape index (κ1) is 11.5. The normalized spacial score (nSPS) is 20.1. The van der Waals surface area contributed by atoms with Crippen molar-refractivity contribution in [2.45, 2.75) is 13.0 Å². The fourth-order valence-corrected chi connectivity index (χ4v) is 1.43. The summed E-state index contributed by atoms with van der Waals surface area (Å²) in [7, 11) is 0. The van der Waals surface area contributed by atoms with Crippen molar-refractivity contribution < 1.29 is 9.66 Å². The molecule has 1 aliphatic rings. The monoisotopic (exact) mass is 236 g/mol.